The van der Waals surface area contributed by atoms with Crippen molar-refractivity contribution in [2.75, 3.05) is 25.0 Å². The smallest absolute Gasteiger partial charge is 0.326 e. The molecule has 1 aliphatic rings. The van der Waals surface area contributed by atoms with E-state index in [1.165, 1.54) is 4.90 Å². The van der Waals surface area contributed by atoms with Crippen molar-refractivity contribution in [1.29, 1.82) is 0 Å². The van der Waals surface area contributed by atoms with Crippen LogP contribution in [0.2, 0.25) is 0 Å². The van der Waals surface area contributed by atoms with Crippen LogP contribution in [0.15, 0.2) is 18.2 Å². The summed E-state index contributed by atoms with van der Waals surface area (Å²) >= 11 is 0. The molecule has 25 heavy (non-hydrogen) atoms. The summed E-state index contributed by atoms with van der Waals surface area (Å²) < 4.78 is 5.04. The molecule has 2 amide bonds. The number of hydrogen-bond donors (Lipinski definition) is 1. The number of nitrogens with one attached hydrogen (secondary N) is 1. The Morgan fingerprint density at radius 1 is 1.24 bits per heavy atom. The molecule has 1 aromatic carbocycles. The van der Waals surface area contributed by atoms with Gasteiger partial charge in [-0.05, 0) is 37.3 Å². The predicted molar refractivity (Wildman–Crippen MR) is 95.2 cm³/mol. The topological polar surface area (TPSA) is 75.7 Å². The number of hydrogen-bond acceptors (Lipinski definition) is 4. The van der Waals surface area contributed by atoms with Crippen LogP contribution in [0, 0.1) is 6.92 Å². The van der Waals surface area contributed by atoms with Crippen molar-refractivity contribution < 1.29 is 19.1 Å². The molecule has 0 aromatic heterocycles. The first-order valence-corrected chi connectivity index (χ1v) is 8.83. The SMILES string of the molecule is CCc1cccc(C)c1NC(=O)COC(=O)CN1CCCCCC1=O. The lowest BCUT2D eigenvalue weighted by Crippen LogP contribution is -2.36. The van der Waals surface area contributed by atoms with Crippen molar-refractivity contribution in [2.45, 2.75) is 46.0 Å². The second-order valence-corrected chi connectivity index (χ2v) is 6.30. The molecule has 6 heteroatoms. The number of anilines is 1. The lowest BCUT2D eigenvalue weighted by Gasteiger charge is -2.19. The molecule has 1 heterocycles. The van der Waals surface area contributed by atoms with E-state index in [2.05, 4.69) is 5.32 Å². The molecule has 1 fully saturated rings. The van der Waals surface area contributed by atoms with Gasteiger partial charge in [-0.25, -0.2) is 0 Å². The van der Waals surface area contributed by atoms with Crippen molar-refractivity contribution >= 4 is 23.5 Å². The van der Waals surface area contributed by atoms with Crippen molar-refractivity contribution in [3.05, 3.63) is 29.3 Å². The number of ether oxygens (including phenoxy) is 1. The van der Waals surface area contributed by atoms with Crippen LogP contribution in [-0.4, -0.2) is 42.4 Å². The minimum absolute atomic E-state index is 0.0219. The Bertz CT molecular complexity index is 642. The molecule has 1 N–H and O–H groups in total. The molecule has 0 saturated carbocycles. The number of rotatable bonds is 6. The van der Waals surface area contributed by atoms with Gasteiger partial charge in [0.1, 0.15) is 6.54 Å². The Morgan fingerprint density at radius 3 is 2.80 bits per heavy atom. The van der Waals surface area contributed by atoms with Gasteiger partial charge in [0.25, 0.3) is 5.91 Å². The molecule has 0 atom stereocenters. The molecule has 1 saturated heterocycles. The summed E-state index contributed by atoms with van der Waals surface area (Å²) in [7, 11) is 0. The molecule has 6 nitrogen and oxygen atoms in total. The zero-order valence-corrected chi connectivity index (χ0v) is 15.0. The summed E-state index contributed by atoms with van der Waals surface area (Å²) in [6.07, 6.45) is 4.03. The van der Waals surface area contributed by atoms with Gasteiger partial charge >= 0.3 is 5.97 Å². The average Bonchev–Trinajstić information content (AvgIpc) is 2.79. The molecular weight excluding hydrogens is 320 g/mol. The Balaban J connectivity index is 1.83. The summed E-state index contributed by atoms with van der Waals surface area (Å²) in [6.45, 7) is 4.08. The number of carbonyl (C=O) groups is 3. The van der Waals surface area contributed by atoms with Crippen LogP contribution in [0.25, 0.3) is 0 Å². The summed E-state index contributed by atoms with van der Waals surface area (Å²) in [5.74, 6) is -0.947. The largest absolute Gasteiger partial charge is 0.454 e. The lowest BCUT2D eigenvalue weighted by atomic mass is 10.1. The van der Waals surface area contributed by atoms with E-state index in [4.69, 9.17) is 4.74 Å². The van der Waals surface area contributed by atoms with E-state index in [0.717, 1.165) is 42.5 Å². The van der Waals surface area contributed by atoms with E-state index in [-0.39, 0.29) is 25.0 Å². The summed E-state index contributed by atoms with van der Waals surface area (Å²) in [5, 5.41) is 2.81. The molecule has 2 rings (SSSR count). The minimum atomic E-state index is -0.550. The van der Waals surface area contributed by atoms with E-state index in [1.54, 1.807) is 0 Å². The number of benzene rings is 1. The summed E-state index contributed by atoms with van der Waals surface area (Å²) in [4.78, 5) is 37.4. The second kappa shape index (κ2) is 9.20. The van der Waals surface area contributed by atoms with Gasteiger partial charge in [-0.15, -0.1) is 0 Å². The number of esters is 1. The lowest BCUT2D eigenvalue weighted by molar-refractivity contribution is -0.151. The quantitative estimate of drug-likeness (QED) is 0.803. The fourth-order valence-corrected chi connectivity index (χ4v) is 2.93. The molecule has 0 bridgehead atoms. The highest BCUT2D eigenvalue weighted by atomic mass is 16.5. The van der Waals surface area contributed by atoms with E-state index in [9.17, 15) is 14.4 Å². The molecule has 0 aliphatic carbocycles. The van der Waals surface area contributed by atoms with Crippen molar-refractivity contribution in [2.24, 2.45) is 0 Å². The summed E-state index contributed by atoms with van der Waals surface area (Å²) in [6, 6.07) is 5.83. The van der Waals surface area contributed by atoms with Gasteiger partial charge in [-0.1, -0.05) is 31.5 Å². The van der Waals surface area contributed by atoms with Crippen molar-refractivity contribution in [3.8, 4) is 0 Å². The number of likely N-dealkylation sites (tertiary alicyclic amines) is 1. The third-order valence-electron chi connectivity index (χ3n) is 4.36. The number of nitrogens with zero attached hydrogens (tertiary/aromatic N) is 1. The molecule has 1 aliphatic heterocycles. The zero-order chi connectivity index (χ0) is 18.2. The first kappa shape index (κ1) is 19.0. The van der Waals surface area contributed by atoms with Gasteiger partial charge in [0.05, 0.1) is 0 Å². The maximum atomic E-state index is 12.1. The zero-order valence-electron chi connectivity index (χ0n) is 15.0. The maximum absolute atomic E-state index is 12.1. The van der Waals surface area contributed by atoms with Crippen LogP contribution in [-0.2, 0) is 25.5 Å². The molecule has 136 valence electrons. The van der Waals surface area contributed by atoms with Crippen LogP contribution < -0.4 is 5.32 Å². The van der Waals surface area contributed by atoms with Crippen LogP contribution in [0.4, 0.5) is 5.69 Å². The molecule has 1 aromatic rings. The van der Waals surface area contributed by atoms with E-state index >= 15 is 0 Å². The van der Waals surface area contributed by atoms with Crippen LogP contribution >= 0.6 is 0 Å². The van der Waals surface area contributed by atoms with Gasteiger partial charge in [0.2, 0.25) is 5.91 Å². The Morgan fingerprint density at radius 2 is 2.04 bits per heavy atom. The first-order chi connectivity index (χ1) is 12.0. The Kier molecular flexibility index (Phi) is 6.98. The normalized spacial score (nSPS) is 14.8. The minimum Gasteiger partial charge on any atom is -0.454 e. The monoisotopic (exact) mass is 346 g/mol. The number of carbonyl (C=O) groups excluding carboxylic acids is 3. The van der Waals surface area contributed by atoms with Crippen LogP contribution in [0.1, 0.15) is 43.7 Å². The van der Waals surface area contributed by atoms with Crippen LogP contribution in [0.3, 0.4) is 0 Å². The fourth-order valence-electron chi connectivity index (χ4n) is 2.93. The van der Waals surface area contributed by atoms with E-state index in [0.29, 0.717) is 13.0 Å². The van der Waals surface area contributed by atoms with Gasteiger partial charge in [-0.3, -0.25) is 14.4 Å². The third kappa shape index (κ3) is 5.59. The fraction of sp³-hybridized carbons (Fsp3) is 0.526. The highest BCUT2D eigenvalue weighted by molar-refractivity contribution is 5.94. The maximum Gasteiger partial charge on any atom is 0.326 e. The standard InChI is InChI=1S/C19H26N2O4/c1-3-15-9-7-8-14(2)19(15)20-16(22)13-25-18(24)12-21-11-6-4-5-10-17(21)23/h7-9H,3-6,10-13H2,1-2H3,(H,20,22). The average molecular weight is 346 g/mol. The van der Waals surface area contributed by atoms with Crippen molar-refractivity contribution in [1.82, 2.24) is 4.90 Å². The number of para-hydroxylation sites is 1. The molecular formula is C19H26N2O4. The van der Waals surface area contributed by atoms with Gasteiger partial charge < -0.3 is 15.0 Å². The van der Waals surface area contributed by atoms with Crippen LogP contribution in [0.5, 0.6) is 0 Å². The Labute approximate surface area is 148 Å². The highest BCUT2D eigenvalue weighted by Gasteiger charge is 2.20. The van der Waals surface area contributed by atoms with Gasteiger partial charge in [-0.2, -0.15) is 0 Å². The van der Waals surface area contributed by atoms with E-state index in [1.807, 2.05) is 32.0 Å². The highest BCUT2D eigenvalue weighted by Crippen LogP contribution is 2.20. The third-order valence-corrected chi connectivity index (χ3v) is 4.36. The van der Waals surface area contributed by atoms with Gasteiger partial charge in [0.15, 0.2) is 6.61 Å². The summed E-state index contributed by atoms with van der Waals surface area (Å²) in [5.41, 5.74) is 2.78. The predicted octanol–water partition coefficient (Wildman–Crippen LogP) is 2.44. The molecule has 0 radical (unpaired) electrons. The molecule has 0 spiro atoms. The number of aryl methyl sites for hydroxylation is 2. The first-order valence-electron chi connectivity index (χ1n) is 8.83. The molecule has 0 unspecified atom stereocenters. The Hall–Kier alpha value is -2.37. The van der Waals surface area contributed by atoms with Gasteiger partial charge in [0, 0.05) is 18.7 Å². The number of amides is 2. The van der Waals surface area contributed by atoms with E-state index < -0.39 is 5.97 Å². The van der Waals surface area contributed by atoms with Crippen molar-refractivity contribution in [3.63, 3.8) is 0 Å². The second-order valence-electron chi connectivity index (χ2n) is 6.30.